The van der Waals surface area contributed by atoms with E-state index in [1.807, 2.05) is 13.8 Å². The Morgan fingerprint density at radius 2 is 2.44 bits per heavy atom. The second-order valence-corrected chi connectivity index (χ2v) is 3.25. The molecule has 16 heavy (non-hydrogen) atoms. The highest BCUT2D eigenvalue weighted by Crippen LogP contribution is 2.07. The Hall–Kier alpha value is -1.92. The fourth-order valence-electron chi connectivity index (χ4n) is 0.880. The van der Waals surface area contributed by atoms with Crippen molar-refractivity contribution in [3.8, 4) is 0 Å². The Bertz CT molecular complexity index is 397. The van der Waals surface area contributed by atoms with E-state index < -0.39 is 11.9 Å². The third-order valence-electron chi connectivity index (χ3n) is 1.66. The highest BCUT2D eigenvalue weighted by atomic mass is 16.5. The molecular weight excluding hydrogens is 214 g/mol. The molecular formula is C9H13N3O4. The number of aliphatic imine (C=N–C) groups is 1. The van der Waals surface area contributed by atoms with Gasteiger partial charge in [-0.25, -0.2) is 9.79 Å². The number of aromatic nitrogens is 2. The number of carbonyl (C=O) groups excluding carboxylic acids is 1. The van der Waals surface area contributed by atoms with Crippen molar-refractivity contribution in [2.45, 2.75) is 26.8 Å². The SMILES string of the molecule is CCOC(=O)/C([O-])=N/c1c[n+](C(C)C)no1. The first-order valence-corrected chi connectivity index (χ1v) is 4.85. The first-order chi connectivity index (χ1) is 7.54. The van der Waals surface area contributed by atoms with Crippen molar-refractivity contribution in [2.75, 3.05) is 6.61 Å². The van der Waals surface area contributed by atoms with E-state index >= 15 is 0 Å². The van der Waals surface area contributed by atoms with E-state index in [-0.39, 0.29) is 18.5 Å². The van der Waals surface area contributed by atoms with Crippen LogP contribution in [0.4, 0.5) is 5.88 Å². The van der Waals surface area contributed by atoms with Crippen LogP contribution < -0.4 is 9.79 Å². The van der Waals surface area contributed by atoms with Gasteiger partial charge < -0.3 is 9.84 Å². The number of nitrogens with zero attached hydrogens (tertiary/aromatic N) is 3. The van der Waals surface area contributed by atoms with Crippen LogP contribution in [0, 0.1) is 0 Å². The minimum Gasteiger partial charge on any atom is -0.853 e. The maximum absolute atomic E-state index is 11.1. The molecule has 88 valence electrons. The van der Waals surface area contributed by atoms with Gasteiger partial charge in [-0.3, -0.25) is 4.52 Å². The predicted octanol–water partition coefficient (Wildman–Crippen LogP) is -0.504. The Morgan fingerprint density at radius 3 is 2.94 bits per heavy atom. The molecule has 0 saturated heterocycles. The Balaban J connectivity index is 2.77. The van der Waals surface area contributed by atoms with Crippen molar-refractivity contribution in [3.63, 3.8) is 0 Å². The van der Waals surface area contributed by atoms with Gasteiger partial charge in [0.25, 0.3) is 6.20 Å². The van der Waals surface area contributed by atoms with Crippen molar-refractivity contribution < 1.29 is 23.8 Å². The summed E-state index contributed by atoms with van der Waals surface area (Å²) in [5.41, 5.74) is 0. The third-order valence-corrected chi connectivity index (χ3v) is 1.66. The molecule has 0 aromatic carbocycles. The van der Waals surface area contributed by atoms with Crippen molar-refractivity contribution in [1.29, 1.82) is 0 Å². The van der Waals surface area contributed by atoms with E-state index in [1.165, 1.54) is 10.9 Å². The Morgan fingerprint density at radius 1 is 1.75 bits per heavy atom. The number of rotatable bonds is 3. The molecule has 1 rings (SSSR count). The van der Waals surface area contributed by atoms with Crippen molar-refractivity contribution in [3.05, 3.63) is 6.20 Å². The van der Waals surface area contributed by atoms with Crippen molar-refractivity contribution in [1.82, 2.24) is 5.27 Å². The third kappa shape index (κ3) is 3.04. The number of carbonyl (C=O) groups is 1. The lowest BCUT2D eigenvalue weighted by atomic mass is 10.4. The van der Waals surface area contributed by atoms with Crippen LogP contribution in [-0.4, -0.2) is 23.7 Å². The fourth-order valence-corrected chi connectivity index (χ4v) is 0.880. The first kappa shape index (κ1) is 12.2. The summed E-state index contributed by atoms with van der Waals surface area (Å²) >= 11 is 0. The van der Waals surface area contributed by atoms with Gasteiger partial charge in [0, 0.05) is 0 Å². The lowest BCUT2D eigenvalue weighted by molar-refractivity contribution is -0.779. The van der Waals surface area contributed by atoms with Gasteiger partial charge in [-0.05, 0) is 25.5 Å². The molecule has 0 fully saturated rings. The second kappa shape index (κ2) is 5.24. The molecule has 0 amide bonds. The molecule has 0 bridgehead atoms. The van der Waals surface area contributed by atoms with Crippen LogP contribution in [0.3, 0.4) is 0 Å². The average molecular weight is 227 g/mol. The van der Waals surface area contributed by atoms with Crippen LogP contribution in [0.15, 0.2) is 15.7 Å². The molecule has 0 atom stereocenters. The maximum atomic E-state index is 11.1. The molecule has 0 unspecified atom stereocenters. The monoisotopic (exact) mass is 227 g/mol. The molecule has 1 heterocycles. The van der Waals surface area contributed by atoms with Gasteiger partial charge in [-0.1, -0.05) is 0 Å². The van der Waals surface area contributed by atoms with Gasteiger partial charge in [-0.15, -0.1) is 0 Å². The van der Waals surface area contributed by atoms with Gasteiger partial charge in [0.2, 0.25) is 5.27 Å². The summed E-state index contributed by atoms with van der Waals surface area (Å²) in [6.07, 6.45) is 1.43. The van der Waals surface area contributed by atoms with E-state index in [0.717, 1.165) is 0 Å². The summed E-state index contributed by atoms with van der Waals surface area (Å²) in [5.74, 6) is -2.03. The number of hydrogen-bond acceptors (Lipinski definition) is 6. The van der Waals surface area contributed by atoms with Crippen molar-refractivity contribution >= 4 is 17.8 Å². The standard InChI is InChI=1S/C9H13N3O4/c1-4-15-9(14)8(13)10-7-5-12(6(2)3)11-16-7/h5-6H,4H2,1-3H3. The molecule has 0 aliphatic rings. The fraction of sp³-hybridized carbons (Fsp3) is 0.556. The van der Waals surface area contributed by atoms with Crippen LogP contribution in [-0.2, 0) is 9.53 Å². The Labute approximate surface area is 92.3 Å². The van der Waals surface area contributed by atoms with Crippen molar-refractivity contribution in [2.24, 2.45) is 4.99 Å². The molecule has 0 aliphatic heterocycles. The lowest BCUT2D eigenvalue weighted by Gasteiger charge is -2.06. The van der Waals surface area contributed by atoms with E-state index in [0.29, 0.717) is 0 Å². The predicted molar refractivity (Wildman–Crippen MR) is 50.8 cm³/mol. The van der Waals surface area contributed by atoms with Crippen LogP contribution in [0.2, 0.25) is 0 Å². The highest BCUT2D eigenvalue weighted by Gasteiger charge is 2.14. The molecule has 0 saturated carbocycles. The summed E-state index contributed by atoms with van der Waals surface area (Å²) in [4.78, 5) is 14.4. The lowest BCUT2D eigenvalue weighted by Crippen LogP contribution is -2.36. The summed E-state index contributed by atoms with van der Waals surface area (Å²) < 4.78 is 10.7. The zero-order valence-electron chi connectivity index (χ0n) is 9.34. The average Bonchev–Trinajstić information content (AvgIpc) is 2.66. The van der Waals surface area contributed by atoms with E-state index in [9.17, 15) is 9.90 Å². The smallest absolute Gasteiger partial charge is 0.341 e. The minimum absolute atomic E-state index is 0.0215. The minimum atomic E-state index is -1.01. The normalized spacial score (nSPS) is 11.9. The summed E-state index contributed by atoms with van der Waals surface area (Å²) in [6, 6.07) is 0.0883. The first-order valence-electron chi connectivity index (χ1n) is 4.85. The van der Waals surface area contributed by atoms with Gasteiger partial charge in [0.1, 0.15) is 0 Å². The molecule has 1 aromatic rings. The van der Waals surface area contributed by atoms with E-state index in [1.54, 1.807) is 6.92 Å². The molecule has 1 aromatic heterocycles. The highest BCUT2D eigenvalue weighted by molar-refractivity contribution is 6.30. The molecule has 0 aliphatic carbocycles. The van der Waals surface area contributed by atoms with Gasteiger partial charge >= 0.3 is 11.9 Å². The number of hydrogen-bond donors (Lipinski definition) is 0. The molecule has 7 nitrogen and oxygen atoms in total. The van der Waals surface area contributed by atoms with Crippen LogP contribution >= 0.6 is 0 Å². The van der Waals surface area contributed by atoms with Crippen LogP contribution in [0.5, 0.6) is 0 Å². The molecule has 0 spiro atoms. The van der Waals surface area contributed by atoms with Gasteiger partial charge in [0.05, 0.1) is 12.5 Å². The zero-order valence-corrected chi connectivity index (χ0v) is 9.34. The summed E-state index contributed by atoms with van der Waals surface area (Å²) in [6.45, 7) is 5.51. The Kier molecular flexibility index (Phi) is 3.98. The van der Waals surface area contributed by atoms with E-state index in [4.69, 9.17) is 4.52 Å². The largest absolute Gasteiger partial charge is 0.853 e. The van der Waals surface area contributed by atoms with Gasteiger partial charge in [-0.2, -0.15) is 0 Å². The zero-order chi connectivity index (χ0) is 12.1. The molecule has 0 N–H and O–H groups in total. The van der Waals surface area contributed by atoms with Gasteiger partial charge in [0.15, 0.2) is 6.04 Å². The molecule has 7 heteroatoms. The topological polar surface area (TPSA) is 91.6 Å². The number of ether oxygens (including phenoxy) is 1. The quantitative estimate of drug-likeness (QED) is 0.300. The number of esters is 1. The van der Waals surface area contributed by atoms with Crippen LogP contribution in [0.1, 0.15) is 26.8 Å². The maximum Gasteiger partial charge on any atom is 0.341 e. The summed E-state index contributed by atoms with van der Waals surface area (Å²) in [5, 5.41) is 14.8. The summed E-state index contributed by atoms with van der Waals surface area (Å²) in [7, 11) is 0. The van der Waals surface area contributed by atoms with E-state index in [2.05, 4.69) is 15.0 Å². The van der Waals surface area contributed by atoms with Crippen LogP contribution in [0.25, 0.3) is 0 Å². The molecule has 0 radical (unpaired) electrons. The second-order valence-electron chi connectivity index (χ2n) is 3.25.